The highest BCUT2D eigenvalue weighted by Gasteiger charge is 2.12. The Morgan fingerprint density at radius 1 is 1.16 bits per heavy atom. The van der Waals surface area contributed by atoms with Gasteiger partial charge in [-0.05, 0) is 30.3 Å². The number of hydrogen-bond acceptors (Lipinski definition) is 3. The maximum atomic E-state index is 13.4. The van der Waals surface area contributed by atoms with Crippen LogP contribution in [-0.2, 0) is 0 Å². The summed E-state index contributed by atoms with van der Waals surface area (Å²) in [5.41, 5.74) is 5.58. The molecule has 0 saturated carbocycles. The van der Waals surface area contributed by atoms with Crippen molar-refractivity contribution in [1.29, 1.82) is 0 Å². The highest BCUT2D eigenvalue weighted by atomic mass is 19.2. The summed E-state index contributed by atoms with van der Waals surface area (Å²) in [7, 11) is 0. The average Bonchev–Trinajstić information content (AvgIpc) is 2.37. The molecule has 0 radical (unpaired) electrons. The van der Waals surface area contributed by atoms with Gasteiger partial charge in [-0.3, -0.25) is 0 Å². The lowest BCUT2D eigenvalue weighted by molar-refractivity contribution is 0.0697. The number of aromatic carboxylic acids is 1. The topological polar surface area (TPSA) is 72.6 Å². The van der Waals surface area contributed by atoms with Crippen molar-refractivity contribution in [3.05, 3.63) is 53.6 Å². The molecule has 2 aromatic rings. The molecule has 98 valence electrons. The lowest BCUT2D eigenvalue weighted by Crippen LogP contribution is -2.00. The van der Waals surface area contributed by atoms with E-state index < -0.39 is 17.6 Å². The summed E-state index contributed by atoms with van der Waals surface area (Å²) >= 11 is 0. The van der Waals surface area contributed by atoms with Gasteiger partial charge in [0.25, 0.3) is 0 Å². The largest absolute Gasteiger partial charge is 0.478 e. The van der Waals surface area contributed by atoms with Gasteiger partial charge in [-0.25, -0.2) is 9.18 Å². The SMILES string of the molecule is Nc1cc(C(=O)O)ccc1Oc1cccc(F)c1F. The van der Waals surface area contributed by atoms with Gasteiger partial charge in [0.2, 0.25) is 5.82 Å². The summed E-state index contributed by atoms with van der Waals surface area (Å²) in [5, 5.41) is 8.76. The third kappa shape index (κ3) is 2.62. The highest BCUT2D eigenvalue weighted by Crippen LogP contribution is 2.30. The van der Waals surface area contributed by atoms with Crippen molar-refractivity contribution in [3.63, 3.8) is 0 Å². The van der Waals surface area contributed by atoms with Gasteiger partial charge in [-0.2, -0.15) is 4.39 Å². The maximum Gasteiger partial charge on any atom is 0.335 e. The zero-order valence-corrected chi connectivity index (χ0v) is 9.56. The van der Waals surface area contributed by atoms with Crippen LogP contribution < -0.4 is 10.5 Å². The Morgan fingerprint density at radius 3 is 2.53 bits per heavy atom. The van der Waals surface area contributed by atoms with Gasteiger partial charge >= 0.3 is 5.97 Å². The second-order valence-electron chi connectivity index (χ2n) is 3.71. The fourth-order valence-electron chi connectivity index (χ4n) is 1.46. The Balaban J connectivity index is 2.34. The van der Waals surface area contributed by atoms with E-state index in [1.54, 1.807) is 0 Å². The number of rotatable bonds is 3. The van der Waals surface area contributed by atoms with Crippen LogP contribution in [0.5, 0.6) is 11.5 Å². The number of carbonyl (C=O) groups is 1. The number of nitrogen functional groups attached to an aromatic ring is 1. The van der Waals surface area contributed by atoms with Crippen LogP contribution in [0.2, 0.25) is 0 Å². The number of halogens is 2. The minimum Gasteiger partial charge on any atom is -0.478 e. The van der Waals surface area contributed by atoms with E-state index in [4.69, 9.17) is 15.6 Å². The summed E-state index contributed by atoms with van der Waals surface area (Å²) in [6, 6.07) is 7.20. The first kappa shape index (κ1) is 12.8. The van der Waals surface area contributed by atoms with E-state index in [0.29, 0.717) is 0 Å². The molecule has 0 spiro atoms. The molecule has 19 heavy (non-hydrogen) atoms. The number of anilines is 1. The third-order valence-corrected chi connectivity index (χ3v) is 2.39. The van der Waals surface area contributed by atoms with E-state index in [-0.39, 0.29) is 22.7 Å². The molecule has 0 saturated heterocycles. The van der Waals surface area contributed by atoms with Gasteiger partial charge in [0.15, 0.2) is 17.3 Å². The summed E-state index contributed by atoms with van der Waals surface area (Å²) in [5.74, 6) is -3.60. The summed E-state index contributed by atoms with van der Waals surface area (Å²) in [6.07, 6.45) is 0. The van der Waals surface area contributed by atoms with Gasteiger partial charge < -0.3 is 15.6 Å². The predicted molar refractivity (Wildman–Crippen MR) is 64.2 cm³/mol. The van der Waals surface area contributed by atoms with Crippen LogP contribution in [0.15, 0.2) is 36.4 Å². The van der Waals surface area contributed by atoms with E-state index in [0.717, 1.165) is 6.07 Å². The molecule has 0 amide bonds. The van der Waals surface area contributed by atoms with Crippen molar-refractivity contribution < 1.29 is 23.4 Å². The third-order valence-electron chi connectivity index (χ3n) is 2.39. The van der Waals surface area contributed by atoms with Gasteiger partial charge in [-0.15, -0.1) is 0 Å². The van der Waals surface area contributed by atoms with Crippen molar-refractivity contribution in [3.8, 4) is 11.5 Å². The minimum atomic E-state index is -1.14. The van der Waals surface area contributed by atoms with Gasteiger partial charge in [0.1, 0.15) is 0 Å². The number of hydrogen-bond donors (Lipinski definition) is 2. The highest BCUT2D eigenvalue weighted by molar-refractivity contribution is 5.89. The number of benzene rings is 2. The Labute approximate surface area is 107 Å². The van der Waals surface area contributed by atoms with E-state index in [1.165, 1.54) is 30.3 Å². The van der Waals surface area contributed by atoms with Crippen molar-refractivity contribution >= 4 is 11.7 Å². The standard InChI is InChI=1S/C13H9F2NO3/c14-8-2-1-3-11(12(8)15)19-10-5-4-7(13(17)18)6-9(10)16/h1-6H,16H2,(H,17,18). The molecule has 4 nitrogen and oxygen atoms in total. The van der Waals surface area contributed by atoms with Gasteiger partial charge in [0, 0.05) is 0 Å². The maximum absolute atomic E-state index is 13.4. The Bertz CT molecular complexity index is 644. The molecule has 0 atom stereocenters. The van der Waals surface area contributed by atoms with E-state index in [2.05, 4.69) is 0 Å². The van der Waals surface area contributed by atoms with Crippen LogP contribution in [0, 0.1) is 11.6 Å². The first-order chi connectivity index (χ1) is 8.99. The number of ether oxygens (including phenoxy) is 1. The molecule has 2 rings (SSSR count). The van der Waals surface area contributed by atoms with Crippen LogP contribution in [0.3, 0.4) is 0 Å². The summed E-state index contributed by atoms with van der Waals surface area (Å²) < 4.78 is 31.5. The normalized spacial score (nSPS) is 10.2. The first-order valence-electron chi connectivity index (χ1n) is 5.23. The molecule has 0 aliphatic carbocycles. The number of carboxylic acid groups (broad SMARTS) is 1. The van der Waals surface area contributed by atoms with E-state index in [1.807, 2.05) is 0 Å². The smallest absolute Gasteiger partial charge is 0.335 e. The Morgan fingerprint density at radius 2 is 1.89 bits per heavy atom. The van der Waals surface area contributed by atoms with Crippen molar-refractivity contribution in [2.24, 2.45) is 0 Å². The average molecular weight is 265 g/mol. The molecule has 2 aromatic carbocycles. The zero-order valence-electron chi connectivity index (χ0n) is 9.56. The fourth-order valence-corrected chi connectivity index (χ4v) is 1.46. The molecular weight excluding hydrogens is 256 g/mol. The monoisotopic (exact) mass is 265 g/mol. The molecule has 0 aliphatic heterocycles. The molecule has 0 fully saturated rings. The first-order valence-corrected chi connectivity index (χ1v) is 5.23. The second-order valence-corrected chi connectivity index (χ2v) is 3.71. The van der Waals surface area contributed by atoms with Crippen LogP contribution in [0.1, 0.15) is 10.4 Å². The summed E-state index contributed by atoms with van der Waals surface area (Å²) in [6.45, 7) is 0. The second kappa shape index (κ2) is 4.93. The molecule has 3 N–H and O–H groups in total. The lowest BCUT2D eigenvalue weighted by Gasteiger charge is -2.09. The fraction of sp³-hybridized carbons (Fsp3) is 0. The zero-order chi connectivity index (χ0) is 14.0. The molecule has 0 bridgehead atoms. The van der Waals surface area contributed by atoms with Crippen molar-refractivity contribution in [2.75, 3.05) is 5.73 Å². The number of carboxylic acids is 1. The predicted octanol–water partition coefficient (Wildman–Crippen LogP) is 3.04. The summed E-state index contributed by atoms with van der Waals surface area (Å²) in [4.78, 5) is 10.7. The van der Waals surface area contributed by atoms with Crippen LogP contribution >= 0.6 is 0 Å². The molecule has 6 heteroatoms. The van der Waals surface area contributed by atoms with Crippen LogP contribution in [-0.4, -0.2) is 11.1 Å². The molecule has 0 aliphatic rings. The van der Waals surface area contributed by atoms with Gasteiger partial charge in [-0.1, -0.05) is 6.07 Å². The minimum absolute atomic E-state index is 0.0172. The quantitative estimate of drug-likeness (QED) is 0.836. The van der Waals surface area contributed by atoms with Crippen LogP contribution in [0.25, 0.3) is 0 Å². The van der Waals surface area contributed by atoms with Crippen molar-refractivity contribution in [2.45, 2.75) is 0 Å². The van der Waals surface area contributed by atoms with E-state index in [9.17, 15) is 13.6 Å². The molecule has 0 heterocycles. The lowest BCUT2D eigenvalue weighted by atomic mass is 10.2. The Kier molecular flexibility index (Phi) is 3.33. The van der Waals surface area contributed by atoms with Crippen molar-refractivity contribution in [1.82, 2.24) is 0 Å². The Hall–Kier alpha value is -2.63. The molecular formula is C13H9F2NO3. The molecule has 0 aromatic heterocycles. The van der Waals surface area contributed by atoms with E-state index >= 15 is 0 Å². The molecule has 0 unspecified atom stereocenters. The van der Waals surface area contributed by atoms with Crippen LogP contribution in [0.4, 0.5) is 14.5 Å². The van der Waals surface area contributed by atoms with Gasteiger partial charge in [0.05, 0.1) is 11.3 Å². The number of nitrogens with two attached hydrogens (primary N) is 1.